The number of rotatable bonds is 12. The first kappa shape index (κ1) is 25.2. The number of carbonyl (C=O) groups excluding carboxylic acids is 2. The molecule has 0 fully saturated rings. The molecule has 0 spiro atoms. The highest BCUT2D eigenvalue weighted by molar-refractivity contribution is 5.86. The van der Waals surface area contributed by atoms with Gasteiger partial charge in [-0.2, -0.15) is 0 Å². The van der Waals surface area contributed by atoms with Crippen LogP contribution in [0.2, 0.25) is 0 Å². The molecular weight excluding hydrogens is 436 g/mol. The molecule has 182 valence electrons. The topological polar surface area (TPSA) is 114 Å². The number of hydrogen-bond donors (Lipinski definition) is 3. The maximum atomic E-state index is 12.8. The van der Waals surface area contributed by atoms with Gasteiger partial charge >= 0.3 is 12.1 Å². The van der Waals surface area contributed by atoms with Crippen LogP contribution in [0.15, 0.2) is 48.5 Å². The predicted molar refractivity (Wildman–Crippen MR) is 128 cm³/mol. The van der Waals surface area contributed by atoms with E-state index in [0.717, 1.165) is 22.3 Å². The first-order valence-electron chi connectivity index (χ1n) is 11.6. The summed E-state index contributed by atoms with van der Waals surface area (Å²) < 4.78 is 10.6. The summed E-state index contributed by atoms with van der Waals surface area (Å²) in [5, 5.41) is 14.4. The molecule has 3 rings (SSSR count). The van der Waals surface area contributed by atoms with Crippen molar-refractivity contribution in [3.05, 3.63) is 59.7 Å². The van der Waals surface area contributed by atoms with Gasteiger partial charge in [-0.3, -0.25) is 9.59 Å². The number of nitrogens with one attached hydrogen (secondary N) is 2. The fraction of sp³-hybridized carbons (Fsp3) is 0.423. The zero-order chi connectivity index (χ0) is 24.5. The number of fused-ring (bicyclic) bond motifs is 3. The summed E-state index contributed by atoms with van der Waals surface area (Å²) in [6.45, 7) is 2.37. The first-order chi connectivity index (χ1) is 16.4. The lowest BCUT2D eigenvalue weighted by Crippen LogP contribution is -2.50. The molecule has 8 nitrogen and oxygen atoms in total. The van der Waals surface area contributed by atoms with Gasteiger partial charge in [0, 0.05) is 25.7 Å². The Bertz CT molecular complexity index is 963. The van der Waals surface area contributed by atoms with Crippen molar-refractivity contribution in [2.45, 2.75) is 50.6 Å². The molecule has 0 bridgehead atoms. The van der Waals surface area contributed by atoms with Gasteiger partial charge < -0.3 is 25.2 Å². The summed E-state index contributed by atoms with van der Waals surface area (Å²) in [5.74, 6) is -1.51. The van der Waals surface area contributed by atoms with E-state index in [-0.39, 0.29) is 18.9 Å². The lowest BCUT2D eigenvalue weighted by Gasteiger charge is -2.22. The van der Waals surface area contributed by atoms with E-state index in [0.29, 0.717) is 25.9 Å². The maximum Gasteiger partial charge on any atom is 0.407 e. The number of aliphatic carboxylic acids is 1. The highest BCUT2D eigenvalue weighted by Crippen LogP contribution is 2.44. The number of hydrogen-bond acceptors (Lipinski definition) is 5. The van der Waals surface area contributed by atoms with Gasteiger partial charge in [0.1, 0.15) is 12.6 Å². The van der Waals surface area contributed by atoms with Crippen molar-refractivity contribution in [3.8, 4) is 11.1 Å². The maximum absolute atomic E-state index is 12.8. The normalized spacial score (nSPS) is 13.9. The number of benzene rings is 2. The highest BCUT2D eigenvalue weighted by Gasteiger charge is 2.30. The molecule has 1 aliphatic rings. The Morgan fingerprint density at radius 3 is 2.18 bits per heavy atom. The van der Waals surface area contributed by atoms with E-state index < -0.39 is 30.1 Å². The van der Waals surface area contributed by atoms with Crippen molar-refractivity contribution in [1.82, 2.24) is 10.6 Å². The minimum atomic E-state index is -0.993. The van der Waals surface area contributed by atoms with Crippen molar-refractivity contribution in [1.29, 1.82) is 0 Å². The first-order valence-corrected chi connectivity index (χ1v) is 11.6. The third-order valence-electron chi connectivity index (χ3n) is 6.05. The average molecular weight is 469 g/mol. The fourth-order valence-corrected chi connectivity index (χ4v) is 4.29. The quantitative estimate of drug-likeness (QED) is 0.410. The minimum Gasteiger partial charge on any atom is -0.481 e. The Morgan fingerprint density at radius 2 is 1.62 bits per heavy atom. The standard InChI is InChI=1S/C26H32N2O6/c1-3-17(15-24(29)30)27-25(31)23(13-8-14-33-2)28-26(32)34-16-22-20-11-6-4-9-18(20)19-10-5-7-12-21(19)22/h4-7,9-12,17,22-23H,3,8,13-16H2,1-2H3,(H,27,31)(H,28,32)(H,29,30)/t17-,23?/m0/s1. The van der Waals surface area contributed by atoms with E-state index in [1.165, 1.54) is 0 Å². The Kier molecular flexibility index (Phi) is 9.04. The molecule has 2 aromatic rings. The molecule has 2 atom stereocenters. The third kappa shape index (κ3) is 6.35. The largest absolute Gasteiger partial charge is 0.481 e. The van der Waals surface area contributed by atoms with E-state index in [1.54, 1.807) is 14.0 Å². The second-order valence-corrected chi connectivity index (χ2v) is 8.37. The van der Waals surface area contributed by atoms with Crippen LogP contribution in [0, 0.1) is 0 Å². The second kappa shape index (κ2) is 12.2. The van der Waals surface area contributed by atoms with Gasteiger partial charge in [0.05, 0.1) is 6.42 Å². The Balaban J connectivity index is 1.64. The average Bonchev–Trinajstić information content (AvgIpc) is 3.15. The van der Waals surface area contributed by atoms with Crippen molar-refractivity contribution < 1.29 is 29.0 Å². The van der Waals surface area contributed by atoms with Gasteiger partial charge in [-0.15, -0.1) is 0 Å². The number of carbonyl (C=O) groups is 3. The Labute approximate surface area is 199 Å². The third-order valence-corrected chi connectivity index (χ3v) is 6.05. The number of ether oxygens (including phenoxy) is 2. The van der Waals surface area contributed by atoms with E-state index >= 15 is 0 Å². The van der Waals surface area contributed by atoms with Crippen LogP contribution in [0.3, 0.4) is 0 Å². The summed E-state index contributed by atoms with van der Waals surface area (Å²) in [6.07, 6.45) is 0.485. The van der Waals surface area contributed by atoms with Crippen LogP contribution < -0.4 is 10.6 Å². The molecular formula is C26H32N2O6. The molecule has 2 aromatic carbocycles. The molecule has 2 amide bonds. The SMILES string of the molecule is CC[C@@H](CC(=O)O)NC(=O)C(CCCOC)NC(=O)OCC1c2ccccc2-c2ccccc21. The highest BCUT2D eigenvalue weighted by atomic mass is 16.5. The predicted octanol–water partition coefficient (Wildman–Crippen LogP) is 3.69. The van der Waals surface area contributed by atoms with Crippen LogP contribution in [-0.4, -0.2) is 55.5 Å². The molecule has 1 unspecified atom stereocenters. The number of methoxy groups -OCH3 is 1. The van der Waals surface area contributed by atoms with E-state index in [9.17, 15) is 14.4 Å². The second-order valence-electron chi connectivity index (χ2n) is 8.37. The van der Waals surface area contributed by atoms with Gasteiger partial charge in [0.15, 0.2) is 0 Å². The van der Waals surface area contributed by atoms with Gasteiger partial charge in [-0.05, 0) is 41.5 Å². The van der Waals surface area contributed by atoms with Gasteiger partial charge in [0.2, 0.25) is 5.91 Å². The summed E-state index contributed by atoms with van der Waals surface area (Å²) in [7, 11) is 1.56. The summed E-state index contributed by atoms with van der Waals surface area (Å²) in [6, 6.07) is 14.7. The van der Waals surface area contributed by atoms with Crippen molar-refractivity contribution in [2.24, 2.45) is 0 Å². The van der Waals surface area contributed by atoms with Crippen molar-refractivity contribution >= 4 is 18.0 Å². The number of alkyl carbamates (subject to hydrolysis) is 1. The molecule has 34 heavy (non-hydrogen) atoms. The van der Waals surface area contributed by atoms with Gasteiger partial charge in [-0.1, -0.05) is 55.5 Å². The van der Waals surface area contributed by atoms with Crippen LogP contribution >= 0.6 is 0 Å². The fourth-order valence-electron chi connectivity index (χ4n) is 4.29. The molecule has 0 saturated heterocycles. The summed E-state index contributed by atoms with van der Waals surface area (Å²) in [5.41, 5.74) is 4.47. The minimum absolute atomic E-state index is 0.0843. The van der Waals surface area contributed by atoms with E-state index in [1.807, 2.05) is 36.4 Å². The summed E-state index contributed by atoms with van der Waals surface area (Å²) in [4.78, 5) is 36.5. The van der Waals surface area contributed by atoms with E-state index in [2.05, 4.69) is 22.8 Å². The van der Waals surface area contributed by atoms with E-state index in [4.69, 9.17) is 14.6 Å². The number of carboxylic acids is 1. The van der Waals surface area contributed by atoms with Gasteiger partial charge in [0.25, 0.3) is 0 Å². The van der Waals surface area contributed by atoms with Crippen LogP contribution in [-0.2, 0) is 19.1 Å². The smallest absolute Gasteiger partial charge is 0.407 e. The summed E-state index contributed by atoms with van der Waals surface area (Å²) >= 11 is 0. The lowest BCUT2D eigenvalue weighted by molar-refractivity contribution is -0.137. The molecule has 0 radical (unpaired) electrons. The zero-order valence-electron chi connectivity index (χ0n) is 19.6. The molecule has 8 heteroatoms. The Hall–Kier alpha value is -3.39. The molecule has 0 aliphatic heterocycles. The number of carboxylic acid groups (broad SMARTS) is 1. The van der Waals surface area contributed by atoms with Crippen molar-refractivity contribution in [2.75, 3.05) is 20.3 Å². The Morgan fingerprint density at radius 1 is 1.00 bits per heavy atom. The molecule has 0 saturated carbocycles. The molecule has 1 aliphatic carbocycles. The van der Waals surface area contributed by atoms with Gasteiger partial charge in [-0.25, -0.2) is 4.79 Å². The lowest BCUT2D eigenvalue weighted by atomic mass is 9.98. The van der Waals surface area contributed by atoms with Crippen molar-refractivity contribution in [3.63, 3.8) is 0 Å². The van der Waals surface area contributed by atoms with Crippen LogP contribution in [0.1, 0.15) is 49.7 Å². The molecule has 3 N–H and O–H groups in total. The number of amides is 2. The van der Waals surface area contributed by atoms with Crippen LogP contribution in [0.4, 0.5) is 4.79 Å². The zero-order valence-corrected chi connectivity index (χ0v) is 19.6. The molecule has 0 heterocycles. The van der Waals surface area contributed by atoms with Crippen LogP contribution in [0.25, 0.3) is 11.1 Å². The molecule has 0 aromatic heterocycles. The van der Waals surface area contributed by atoms with Crippen LogP contribution in [0.5, 0.6) is 0 Å². The monoisotopic (exact) mass is 468 g/mol.